The van der Waals surface area contributed by atoms with Crippen LogP contribution in [-0.4, -0.2) is 43.8 Å². The monoisotopic (exact) mass is 498 g/mol. The highest BCUT2D eigenvalue weighted by Gasteiger charge is 2.27. The first kappa shape index (κ1) is 26.1. The maximum absolute atomic E-state index is 13.0. The van der Waals surface area contributed by atoms with Crippen LogP contribution in [-0.2, 0) is 27.8 Å². The molecule has 8 nitrogen and oxygen atoms in total. The number of nitrogens with zero attached hydrogens (tertiary/aromatic N) is 1. The predicted molar refractivity (Wildman–Crippen MR) is 134 cm³/mol. The van der Waals surface area contributed by atoms with Crippen LogP contribution in [0.4, 0.5) is 0 Å². The fourth-order valence-electron chi connectivity index (χ4n) is 3.75. The number of nitrogens with one attached hydrogen (secondary N) is 1. The lowest BCUT2D eigenvalue weighted by atomic mass is 10.1. The predicted octanol–water partition coefficient (Wildman–Crippen LogP) is 3.68. The summed E-state index contributed by atoms with van der Waals surface area (Å²) in [4.78, 5) is 12.0. The first-order valence-corrected chi connectivity index (χ1v) is 12.7. The van der Waals surface area contributed by atoms with E-state index < -0.39 is 22.0 Å². The maximum Gasteiger partial charge on any atom is 0.322 e. The van der Waals surface area contributed by atoms with Gasteiger partial charge in [0.2, 0.25) is 10.0 Å². The smallest absolute Gasteiger partial charge is 0.322 e. The molecule has 3 aromatic rings. The molecule has 0 unspecified atom stereocenters. The van der Waals surface area contributed by atoms with Crippen LogP contribution in [0.3, 0.4) is 0 Å². The molecule has 0 aliphatic heterocycles. The Morgan fingerprint density at radius 1 is 1.14 bits per heavy atom. The second kappa shape index (κ2) is 11.3. The molecule has 0 saturated heterocycles. The maximum atomic E-state index is 13.0. The zero-order valence-electron chi connectivity index (χ0n) is 20.2. The third-order valence-electron chi connectivity index (χ3n) is 5.37. The number of fused-ring (bicyclic) bond motifs is 1. The van der Waals surface area contributed by atoms with Gasteiger partial charge in [-0.2, -0.15) is 4.72 Å². The summed E-state index contributed by atoms with van der Waals surface area (Å²) in [7, 11) is -2.53. The van der Waals surface area contributed by atoms with Crippen LogP contribution in [0.25, 0.3) is 10.9 Å². The topological polar surface area (TPSA) is 107 Å². The van der Waals surface area contributed by atoms with Gasteiger partial charge in [-0.1, -0.05) is 19.8 Å². The molecule has 9 heteroatoms. The molecule has 0 aliphatic rings. The number of ether oxygens (including phenoxy) is 2. The van der Waals surface area contributed by atoms with Crippen LogP contribution in [0.5, 0.6) is 11.5 Å². The molecule has 0 fully saturated rings. The van der Waals surface area contributed by atoms with Crippen molar-refractivity contribution in [2.45, 2.75) is 44.7 Å². The summed E-state index contributed by atoms with van der Waals surface area (Å²) >= 11 is 0. The van der Waals surface area contributed by atoms with E-state index in [1.54, 1.807) is 14.0 Å². The van der Waals surface area contributed by atoms with Gasteiger partial charge in [-0.3, -0.25) is 4.79 Å². The standard InChI is InChI=1S/C26H30N2O6S/c1-5-6-13-34-20-7-10-22(11-8-20)35(31,32)27-24(26(29)30)14-19-17-28(16-18(2)3)25-12-9-21(33-4)15-23(19)25/h7-12,15,17-18,24,27H,13-14,16H2,1-4H3,(H,29,30)/t24-/m0/s1. The Hall–Kier alpha value is -3.48. The molecule has 1 atom stereocenters. The molecule has 2 aromatic carbocycles. The van der Waals surface area contributed by atoms with Crippen molar-refractivity contribution < 1.29 is 27.8 Å². The van der Waals surface area contributed by atoms with Crippen molar-refractivity contribution in [1.29, 1.82) is 0 Å². The average molecular weight is 499 g/mol. The van der Waals surface area contributed by atoms with E-state index in [1.807, 2.05) is 24.4 Å². The minimum absolute atomic E-state index is 0.0276. The van der Waals surface area contributed by atoms with Crippen molar-refractivity contribution in [3.05, 3.63) is 54.2 Å². The molecule has 35 heavy (non-hydrogen) atoms. The van der Waals surface area contributed by atoms with Gasteiger partial charge in [-0.05, 0) is 60.9 Å². The number of benzene rings is 2. The van der Waals surface area contributed by atoms with E-state index in [1.165, 1.54) is 24.3 Å². The first-order valence-electron chi connectivity index (χ1n) is 11.2. The van der Waals surface area contributed by atoms with Gasteiger partial charge in [-0.25, -0.2) is 8.42 Å². The quantitative estimate of drug-likeness (QED) is 0.391. The zero-order valence-corrected chi connectivity index (χ0v) is 21.1. The van der Waals surface area contributed by atoms with Crippen LogP contribution < -0.4 is 14.2 Å². The van der Waals surface area contributed by atoms with Gasteiger partial charge < -0.3 is 19.1 Å². The molecule has 186 valence electrons. The van der Waals surface area contributed by atoms with Gasteiger partial charge >= 0.3 is 5.97 Å². The zero-order chi connectivity index (χ0) is 25.6. The number of carbonyl (C=O) groups is 1. The highest BCUT2D eigenvalue weighted by atomic mass is 32.2. The summed E-state index contributed by atoms with van der Waals surface area (Å²) in [5, 5.41) is 10.7. The average Bonchev–Trinajstić information content (AvgIpc) is 3.14. The summed E-state index contributed by atoms with van der Waals surface area (Å²) in [5.41, 5.74) is 1.65. The number of hydrogen-bond donors (Lipinski definition) is 2. The molecular formula is C26H30N2O6S. The molecule has 0 amide bonds. The lowest BCUT2D eigenvalue weighted by molar-refractivity contribution is -0.138. The molecule has 1 heterocycles. The van der Waals surface area contributed by atoms with E-state index >= 15 is 0 Å². The number of carboxylic acids is 1. The van der Waals surface area contributed by atoms with Crippen LogP contribution in [0, 0.1) is 17.8 Å². The van der Waals surface area contributed by atoms with Gasteiger partial charge in [-0.15, -0.1) is 5.92 Å². The number of hydrogen-bond acceptors (Lipinski definition) is 5. The summed E-state index contributed by atoms with van der Waals surface area (Å²) < 4.78 is 41.1. The largest absolute Gasteiger partial charge is 0.497 e. The lowest BCUT2D eigenvalue weighted by Crippen LogP contribution is -2.42. The number of rotatable bonds is 11. The first-order chi connectivity index (χ1) is 16.6. The molecule has 0 radical (unpaired) electrons. The number of methoxy groups -OCH3 is 1. The van der Waals surface area contributed by atoms with Crippen LogP contribution in [0.2, 0.25) is 0 Å². The lowest BCUT2D eigenvalue weighted by Gasteiger charge is -2.15. The minimum Gasteiger partial charge on any atom is -0.497 e. The van der Waals surface area contributed by atoms with Gasteiger partial charge in [0.15, 0.2) is 0 Å². The number of aromatic nitrogens is 1. The summed E-state index contributed by atoms with van der Waals surface area (Å²) in [6.45, 7) is 6.82. The van der Waals surface area contributed by atoms with Gasteiger partial charge in [0.05, 0.1) is 12.0 Å². The molecular weight excluding hydrogens is 468 g/mol. The van der Waals surface area contributed by atoms with Gasteiger partial charge in [0, 0.05) is 30.1 Å². The second-order valence-corrected chi connectivity index (χ2v) is 10.2. The Labute approximate surface area is 205 Å². The highest BCUT2D eigenvalue weighted by Crippen LogP contribution is 2.28. The summed E-state index contributed by atoms with van der Waals surface area (Å²) in [6.07, 6.45) is 1.86. The number of aliphatic carboxylic acids is 1. The van der Waals surface area contributed by atoms with Gasteiger partial charge in [0.25, 0.3) is 0 Å². The molecule has 0 saturated carbocycles. The van der Waals surface area contributed by atoms with Crippen molar-refractivity contribution in [3.8, 4) is 23.3 Å². The second-order valence-electron chi connectivity index (χ2n) is 8.49. The normalized spacial score (nSPS) is 12.3. The molecule has 0 aliphatic carbocycles. The SMILES string of the molecule is CC#CCOc1ccc(S(=O)(=O)N[C@@H](Cc2cn(CC(C)C)c3ccc(OC)cc23)C(=O)O)cc1. The third kappa shape index (κ3) is 6.56. The summed E-state index contributed by atoms with van der Waals surface area (Å²) in [5.74, 6) is 5.68. The number of sulfonamides is 1. The van der Waals surface area contributed by atoms with Crippen molar-refractivity contribution in [3.63, 3.8) is 0 Å². The molecule has 0 spiro atoms. The van der Waals surface area contributed by atoms with E-state index in [0.29, 0.717) is 17.4 Å². The van der Waals surface area contributed by atoms with E-state index in [2.05, 4.69) is 35.0 Å². The molecule has 0 bridgehead atoms. The molecule has 1 aromatic heterocycles. The fourth-order valence-corrected chi connectivity index (χ4v) is 4.93. The number of carboxylic acid groups (broad SMARTS) is 1. The minimum atomic E-state index is -4.09. The van der Waals surface area contributed by atoms with Crippen molar-refractivity contribution >= 4 is 26.9 Å². The van der Waals surface area contributed by atoms with E-state index in [4.69, 9.17) is 9.47 Å². The van der Waals surface area contributed by atoms with Crippen molar-refractivity contribution in [2.75, 3.05) is 13.7 Å². The highest BCUT2D eigenvalue weighted by molar-refractivity contribution is 7.89. The van der Waals surface area contributed by atoms with E-state index in [-0.39, 0.29) is 17.9 Å². The van der Waals surface area contributed by atoms with Crippen molar-refractivity contribution in [2.24, 2.45) is 5.92 Å². The summed E-state index contributed by atoms with van der Waals surface area (Å²) in [6, 6.07) is 10.0. The van der Waals surface area contributed by atoms with Crippen molar-refractivity contribution in [1.82, 2.24) is 9.29 Å². The van der Waals surface area contributed by atoms with Gasteiger partial charge in [0.1, 0.15) is 24.1 Å². The molecule has 2 N–H and O–H groups in total. The Balaban J connectivity index is 1.87. The third-order valence-corrected chi connectivity index (χ3v) is 6.86. The van der Waals surface area contributed by atoms with E-state index in [9.17, 15) is 18.3 Å². The van der Waals surface area contributed by atoms with Crippen LogP contribution >= 0.6 is 0 Å². The molecule has 3 rings (SSSR count). The van der Waals surface area contributed by atoms with E-state index in [0.717, 1.165) is 23.0 Å². The Bertz CT molecular complexity index is 1350. The van der Waals surface area contributed by atoms with Crippen LogP contribution in [0.15, 0.2) is 53.6 Å². The van der Waals surface area contributed by atoms with Crippen LogP contribution in [0.1, 0.15) is 26.3 Å². The Kier molecular flexibility index (Phi) is 8.43. The fraction of sp³-hybridized carbons (Fsp3) is 0.346. The Morgan fingerprint density at radius 2 is 1.83 bits per heavy atom. The Morgan fingerprint density at radius 3 is 2.43 bits per heavy atom.